The summed E-state index contributed by atoms with van der Waals surface area (Å²) >= 11 is 0. The summed E-state index contributed by atoms with van der Waals surface area (Å²) < 4.78 is 38.1. The van der Waals surface area contributed by atoms with Crippen LogP contribution in [0, 0.1) is 10.8 Å². The number of ketones is 1. The van der Waals surface area contributed by atoms with Gasteiger partial charge in [-0.25, -0.2) is 0 Å². The molecule has 4 heteroatoms. The zero-order chi connectivity index (χ0) is 12.5. The lowest BCUT2D eigenvalue weighted by atomic mass is 9.75. The van der Waals surface area contributed by atoms with Crippen LogP contribution in [0.15, 0.2) is 0 Å². The highest BCUT2D eigenvalue weighted by Gasteiger charge is 2.54. The van der Waals surface area contributed by atoms with Crippen molar-refractivity contribution < 1.29 is 18.0 Å². The van der Waals surface area contributed by atoms with E-state index < -0.39 is 22.8 Å². The summed E-state index contributed by atoms with van der Waals surface area (Å²) in [5.41, 5.74) is -2.60. The first-order chi connectivity index (χ1) is 6.44. The van der Waals surface area contributed by atoms with Crippen LogP contribution in [0.1, 0.15) is 47.5 Å². The molecule has 0 N–H and O–H groups in total. The molecular weight excluding hydrogens is 205 g/mol. The van der Waals surface area contributed by atoms with Crippen LogP contribution in [-0.2, 0) is 4.79 Å². The molecule has 0 aliphatic carbocycles. The van der Waals surface area contributed by atoms with Crippen molar-refractivity contribution in [3.63, 3.8) is 0 Å². The monoisotopic (exact) mass is 224 g/mol. The van der Waals surface area contributed by atoms with Crippen LogP contribution in [0.3, 0.4) is 0 Å². The fourth-order valence-corrected chi connectivity index (χ4v) is 1.23. The maximum Gasteiger partial charge on any atom is 0.401 e. The Hall–Kier alpha value is -0.540. The van der Waals surface area contributed by atoms with E-state index in [9.17, 15) is 18.0 Å². The molecule has 0 aliphatic heterocycles. The minimum Gasteiger partial charge on any atom is -0.299 e. The van der Waals surface area contributed by atoms with Crippen molar-refractivity contribution in [1.82, 2.24) is 0 Å². The predicted molar refractivity (Wildman–Crippen MR) is 53.5 cm³/mol. The Morgan fingerprint density at radius 2 is 1.47 bits per heavy atom. The maximum atomic E-state index is 12.7. The molecule has 0 aromatic carbocycles. The maximum absolute atomic E-state index is 12.7. The van der Waals surface area contributed by atoms with Gasteiger partial charge >= 0.3 is 6.18 Å². The van der Waals surface area contributed by atoms with E-state index in [1.165, 1.54) is 6.92 Å². The molecule has 90 valence electrons. The SMILES string of the molecule is CCC(C)(C(=O)CC(C)(C)C)C(F)(F)F. The van der Waals surface area contributed by atoms with E-state index in [1.54, 1.807) is 20.8 Å². The van der Waals surface area contributed by atoms with Crippen LogP contribution in [0.5, 0.6) is 0 Å². The quantitative estimate of drug-likeness (QED) is 0.708. The van der Waals surface area contributed by atoms with E-state index in [4.69, 9.17) is 0 Å². The van der Waals surface area contributed by atoms with Crippen LogP contribution in [0.25, 0.3) is 0 Å². The van der Waals surface area contributed by atoms with Gasteiger partial charge in [0.15, 0.2) is 0 Å². The van der Waals surface area contributed by atoms with Gasteiger partial charge in [-0.2, -0.15) is 13.2 Å². The summed E-state index contributed by atoms with van der Waals surface area (Å²) in [6.45, 7) is 7.67. The number of carbonyl (C=O) groups excluding carboxylic acids is 1. The van der Waals surface area contributed by atoms with Crippen LogP contribution in [-0.4, -0.2) is 12.0 Å². The van der Waals surface area contributed by atoms with Gasteiger partial charge in [-0.15, -0.1) is 0 Å². The average Bonchev–Trinajstić information content (AvgIpc) is 1.97. The highest BCUT2D eigenvalue weighted by atomic mass is 19.4. The lowest BCUT2D eigenvalue weighted by Crippen LogP contribution is -2.43. The molecule has 0 heterocycles. The Bertz CT molecular complexity index is 237. The summed E-state index contributed by atoms with van der Waals surface area (Å²) in [5.74, 6) is -0.718. The van der Waals surface area contributed by atoms with Crippen molar-refractivity contribution >= 4 is 5.78 Å². The molecule has 1 nitrogen and oxygen atoms in total. The standard InChI is InChI=1S/C11H19F3O/c1-6-10(5,11(12,13)14)8(15)7-9(2,3)4/h6-7H2,1-5H3. The van der Waals surface area contributed by atoms with Crippen LogP contribution < -0.4 is 0 Å². The Morgan fingerprint density at radius 3 is 1.67 bits per heavy atom. The number of alkyl halides is 3. The summed E-state index contributed by atoms with van der Waals surface area (Å²) in [4.78, 5) is 11.6. The number of halogens is 3. The fraction of sp³-hybridized carbons (Fsp3) is 0.909. The Morgan fingerprint density at radius 1 is 1.07 bits per heavy atom. The van der Waals surface area contributed by atoms with Gasteiger partial charge in [-0.3, -0.25) is 4.79 Å². The van der Waals surface area contributed by atoms with Crippen LogP contribution >= 0.6 is 0 Å². The molecule has 0 aromatic rings. The number of rotatable bonds is 3. The zero-order valence-electron chi connectivity index (χ0n) is 9.96. The van der Waals surface area contributed by atoms with Gasteiger partial charge in [0.05, 0.1) is 0 Å². The smallest absolute Gasteiger partial charge is 0.299 e. The van der Waals surface area contributed by atoms with Crippen molar-refractivity contribution in [1.29, 1.82) is 0 Å². The van der Waals surface area contributed by atoms with Gasteiger partial charge in [-0.1, -0.05) is 27.7 Å². The third-order valence-electron chi connectivity index (χ3n) is 2.64. The molecule has 0 fully saturated rings. The predicted octanol–water partition coefficient (Wildman–Crippen LogP) is 3.97. The minimum atomic E-state index is -4.45. The van der Waals surface area contributed by atoms with Crippen molar-refractivity contribution in [3.05, 3.63) is 0 Å². The first-order valence-electron chi connectivity index (χ1n) is 5.04. The molecule has 0 aromatic heterocycles. The molecule has 0 radical (unpaired) electrons. The average molecular weight is 224 g/mol. The van der Waals surface area contributed by atoms with Gasteiger partial charge in [0, 0.05) is 6.42 Å². The van der Waals surface area contributed by atoms with Gasteiger partial charge in [0.25, 0.3) is 0 Å². The summed E-state index contributed by atoms with van der Waals surface area (Å²) in [7, 11) is 0. The van der Waals surface area contributed by atoms with E-state index in [2.05, 4.69) is 0 Å². The Kier molecular flexibility index (Phi) is 3.99. The van der Waals surface area contributed by atoms with E-state index in [0.717, 1.165) is 6.92 Å². The molecule has 0 rings (SSSR count). The lowest BCUT2D eigenvalue weighted by Gasteiger charge is -2.32. The molecule has 1 atom stereocenters. The normalized spacial score (nSPS) is 17.3. The van der Waals surface area contributed by atoms with E-state index >= 15 is 0 Å². The molecule has 0 spiro atoms. The number of hydrogen-bond acceptors (Lipinski definition) is 1. The zero-order valence-corrected chi connectivity index (χ0v) is 9.96. The second kappa shape index (κ2) is 4.14. The summed E-state index contributed by atoms with van der Waals surface area (Å²) in [6.07, 6.45) is -4.70. The van der Waals surface area contributed by atoms with Crippen molar-refractivity contribution in [2.45, 2.75) is 53.6 Å². The number of hydrogen-bond donors (Lipinski definition) is 0. The first kappa shape index (κ1) is 14.5. The largest absolute Gasteiger partial charge is 0.401 e. The second-order valence-corrected chi connectivity index (χ2v) is 5.34. The Labute approximate surface area is 89.0 Å². The highest BCUT2D eigenvalue weighted by molar-refractivity contribution is 5.85. The molecule has 0 bridgehead atoms. The van der Waals surface area contributed by atoms with Crippen molar-refractivity contribution in [2.24, 2.45) is 10.8 Å². The van der Waals surface area contributed by atoms with Gasteiger partial charge in [0.1, 0.15) is 11.2 Å². The molecule has 15 heavy (non-hydrogen) atoms. The number of Topliss-reactive ketones (excluding diaryl/α,β-unsaturated/α-hetero) is 1. The molecular formula is C11H19F3O. The summed E-state index contributed by atoms with van der Waals surface area (Å²) in [5, 5.41) is 0. The molecule has 0 amide bonds. The molecule has 0 saturated heterocycles. The topological polar surface area (TPSA) is 17.1 Å². The van der Waals surface area contributed by atoms with E-state index in [1.807, 2.05) is 0 Å². The van der Waals surface area contributed by atoms with Crippen molar-refractivity contribution in [2.75, 3.05) is 0 Å². The molecule has 0 saturated carbocycles. The van der Waals surface area contributed by atoms with Gasteiger partial charge < -0.3 is 0 Å². The van der Waals surface area contributed by atoms with Gasteiger partial charge in [-0.05, 0) is 18.8 Å². The minimum absolute atomic E-state index is 0.0448. The van der Waals surface area contributed by atoms with E-state index in [-0.39, 0.29) is 12.8 Å². The van der Waals surface area contributed by atoms with Crippen molar-refractivity contribution in [3.8, 4) is 0 Å². The Balaban J connectivity index is 4.92. The number of carbonyl (C=O) groups is 1. The van der Waals surface area contributed by atoms with E-state index in [0.29, 0.717) is 0 Å². The summed E-state index contributed by atoms with van der Waals surface area (Å²) in [6, 6.07) is 0. The third kappa shape index (κ3) is 3.50. The first-order valence-corrected chi connectivity index (χ1v) is 5.04. The second-order valence-electron chi connectivity index (χ2n) is 5.34. The fourth-order valence-electron chi connectivity index (χ4n) is 1.23. The van der Waals surface area contributed by atoms with Crippen LogP contribution in [0.4, 0.5) is 13.2 Å². The molecule has 1 unspecified atom stereocenters. The third-order valence-corrected chi connectivity index (χ3v) is 2.64. The van der Waals surface area contributed by atoms with Crippen LogP contribution in [0.2, 0.25) is 0 Å². The highest BCUT2D eigenvalue weighted by Crippen LogP contribution is 2.43. The molecule has 0 aliphatic rings. The lowest BCUT2D eigenvalue weighted by molar-refractivity contribution is -0.217. The van der Waals surface area contributed by atoms with Gasteiger partial charge in [0.2, 0.25) is 0 Å².